The van der Waals surface area contributed by atoms with Crippen LogP contribution in [0.1, 0.15) is 0 Å². The van der Waals surface area contributed by atoms with Gasteiger partial charge < -0.3 is 4.18 Å². The van der Waals surface area contributed by atoms with Crippen molar-refractivity contribution < 1.29 is 29.4 Å². The third-order valence-electron chi connectivity index (χ3n) is 3.28. The Balaban J connectivity index is 2.25. The predicted octanol–water partition coefficient (Wildman–Crippen LogP) is 5.75. The second-order valence-electron chi connectivity index (χ2n) is 5.14. The smallest absolute Gasteiger partial charge is 0.381 e. The second-order valence-corrected chi connectivity index (χ2v) is 9.95. The lowest BCUT2D eigenvalue weighted by molar-refractivity contribution is -0.0498. The zero-order valence-electron chi connectivity index (χ0n) is 13.5. The van der Waals surface area contributed by atoms with Crippen molar-refractivity contribution in [2.24, 2.45) is 0 Å². The first-order valence-electron chi connectivity index (χ1n) is 7.42. The topological polar surface area (TPSA) is 52.6 Å². The molecule has 0 N–H and O–H groups in total. The summed E-state index contributed by atoms with van der Waals surface area (Å²) in [6.07, 6.45) is 0. The average molecular weight is 434 g/mol. The summed E-state index contributed by atoms with van der Waals surface area (Å²) in [5.74, 6) is 0.208. The lowest BCUT2D eigenvalue weighted by atomic mass is 10.4. The average Bonchev–Trinajstić information content (AvgIpc) is 3.14. The number of thiophene rings is 1. The summed E-state index contributed by atoms with van der Waals surface area (Å²) >= 11 is 1.26. The molecule has 1 aromatic heterocycles. The van der Waals surface area contributed by atoms with Gasteiger partial charge in [0.2, 0.25) is 0 Å². The molecule has 2 aromatic carbocycles. The minimum Gasteiger partial charge on any atom is -0.381 e. The molecular formula is C17H13F3O4S3. The van der Waals surface area contributed by atoms with E-state index in [9.17, 15) is 21.6 Å². The number of alkyl halides is 3. The molecule has 0 saturated heterocycles. The Morgan fingerprint density at radius 2 is 1.33 bits per heavy atom. The van der Waals surface area contributed by atoms with Crippen molar-refractivity contribution in [3.05, 3.63) is 77.5 Å². The van der Waals surface area contributed by atoms with Gasteiger partial charge in [0.05, 0.1) is 9.79 Å². The maximum absolute atomic E-state index is 13.1. The maximum Gasteiger partial charge on any atom is 0.524 e. The van der Waals surface area contributed by atoms with E-state index in [4.69, 9.17) is 7.81 Å². The van der Waals surface area contributed by atoms with Crippen molar-refractivity contribution in [3.63, 3.8) is 0 Å². The summed E-state index contributed by atoms with van der Waals surface area (Å²) in [6.45, 7) is 0. The third kappa shape index (κ3) is 4.13. The van der Waals surface area contributed by atoms with E-state index in [2.05, 4.69) is 0 Å². The first kappa shape index (κ1) is 19.7. The molecule has 144 valence electrons. The largest absolute Gasteiger partial charge is 0.524 e. The van der Waals surface area contributed by atoms with Gasteiger partial charge in [0, 0.05) is 5.38 Å². The zero-order chi connectivity index (χ0) is 19.5. The van der Waals surface area contributed by atoms with Crippen LogP contribution in [-0.4, -0.2) is 13.9 Å². The van der Waals surface area contributed by atoms with E-state index in [1.165, 1.54) is 41.7 Å². The highest BCUT2D eigenvalue weighted by Crippen LogP contribution is 2.65. The van der Waals surface area contributed by atoms with Gasteiger partial charge in [-0.3, -0.25) is 0 Å². The highest BCUT2D eigenvalue weighted by molar-refractivity contribution is 8.29. The highest BCUT2D eigenvalue weighted by Gasteiger charge is 2.52. The van der Waals surface area contributed by atoms with Crippen molar-refractivity contribution in [2.45, 2.75) is 15.3 Å². The van der Waals surface area contributed by atoms with Crippen LogP contribution in [-0.2, 0) is 13.7 Å². The molecule has 27 heavy (non-hydrogen) atoms. The Morgan fingerprint density at radius 1 is 0.815 bits per heavy atom. The van der Waals surface area contributed by atoms with Crippen LogP contribution < -0.4 is 4.18 Å². The Bertz CT molecular complexity index is 934. The van der Waals surface area contributed by atoms with E-state index in [-0.39, 0.29) is 15.5 Å². The van der Waals surface area contributed by atoms with Crippen LogP contribution >= 0.6 is 21.9 Å². The molecule has 3 rings (SSSR count). The van der Waals surface area contributed by atoms with Gasteiger partial charge in [-0.05, 0) is 35.7 Å². The SMILES string of the molecule is O=S(=O)(OS(Oc1ccsc1)(c1ccccc1)c1ccccc1)C(F)(F)F. The van der Waals surface area contributed by atoms with Gasteiger partial charge in [-0.1, -0.05) is 47.0 Å². The number of hydrogen-bond acceptors (Lipinski definition) is 5. The van der Waals surface area contributed by atoms with Crippen LogP contribution in [0.3, 0.4) is 0 Å². The zero-order valence-corrected chi connectivity index (χ0v) is 15.9. The van der Waals surface area contributed by atoms with Crippen LogP contribution in [0.2, 0.25) is 0 Å². The van der Waals surface area contributed by atoms with Gasteiger partial charge in [0.25, 0.3) is 0 Å². The van der Waals surface area contributed by atoms with Crippen molar-refractivity contribution >= 4 is 32.0 Å². The fourth-order valence-electron chi connectivity index (χ4n) is 2.12. The number of hydrogen-bond donors (Lipinski definition) is 0. The lowest BCUT2D eigenvalue weighted by Gasteiger charge is -2.41. The molecule has 0 amide bonds. The molecule has 0 spiro atoms. The van der Waals surface area contributed by atoms with E-state index < -0.39 is 26.2 Å². The summed E-state index contributed by atoms with van der Waals surface area (Å²) in [4.78, 5) is 0.352. The molecule has 0 unspecified atom stereocenters. The molecule has 0 fully saturated rings. The third-order valence-corrected chi connectivity index (χ3v) is 8.21. The van der Waals surface area contributed by atoms with Crippen molar-refractivity contribution in [2.75, 3.05) is 0 Å². The molecule has 0 aliphatic rings. The van der Waals surface area contributed by atoms with E-state index >= 15 is 0 Å². The monoisotopic (exact) mass is 434 g/mol. The van der Waals surface area contributed by atoms with Crippen LogP contribution in [0.5, 0.6) is 5.75 Å². The summed E-state index contributed by atoms with van der Waals surface area (Å²) in [5.41, 5.74) is -5.59. The van der Waals surface area contributed by atoms with Crippen LogP contribution in [0, 0.1) is 0 Å². The van der Waals surface area contributed by atoms with Crippen molar-refractivity contribution in [3.8, 4) is 5.75 Å². The number of rotatable bonds is 6. The maximum atomic E-state index is 13.1. The standard InChI is InChI=1S/C17H13F3O4S3/c18-17(19,20)27(21,22)24-26(15-7-3-1-4-8-15,16-9-5-2-6-10-16)23-14-11-12-25-13-14/h1-13H. The Morgan fingerprint density at radius 3 is 1.74 bits per heavy atom. The van der Waals surface area contributed by atoms with E-state index in [0.717, 1.165) is 0 Å². The normalized spacial score (nSPS) is 13.3. The molecule has 3 aromatic rings. The Kier molecular flexibility index (Phi) is 5.52. The van der Waals surface area contributed by atoms with Gasteiger partial charge in [-0.15, -0.1) is 15.0 Å². The molecule has 0 aliphatic heterocycles. The molecule has 0 aliphatic carbocycles. The number of halogens is 3. The first-order chi connectivity index (χ1) is 12.7. The molecular weight excluding hydrogens is 421 g/mol. The highest BCUT2D eigenvalue weighted by atomic mass is 32.3. The van der Waals surface area contributed by atoms with Crippen molar-refractivity contribution in [1.82, 2.24) is 0 Å². The van der Waals surface area contributed by atoms with Gasteiger partial charge in [-0.2, -0.15) is 21.6 Å². The Labute approximate surface area is 160 Å². The van der Waals surface area contributed by atoms with Crippen LogP contribution in [0.25, 0.3) is 0 Å². The number of benzene rings is 2. The molecule has 0 atom stereocenters. The summed E-state index contributed by atoms with van der Waals surface area (Å²) in [5, 5.41) is 3.21. The van der Waals surface area contributed by atoms with Crippen LogP contribution in [0.4, 0.5) is 13.2 Å². The second kappa shape index (κ2) is 7.55. The summed E-state index contributed by atoms with van der Waals surface area (Å²) < 4.78 is 73.9. The van der Waals surface area contributed by atoms with E-state index in [0.29, 0.717) is 0 Å². The molecule has 1 heterocycles. The summed E-state index contributed by atoms with van der Waals surface area (Å²) in [7, 11) is -9.46. The molecule has 4 nitrogen and oxygen atoms in total. The van der Waals surface area contributed by atoms with Gasteiger partial charge >= 0.3 is 15.6 Å². The lowest BCUT2D eigenvalue weighted by Crippen LogP contribution is -2.29. The minimum atomic E-state index is -5.94. The van der Waals surface area contributed by atoms with Gasteiger partial charge in [-0.25, -0.2) is 0 Å². The van der Waals surface area contributed by atoms with Crippen molar-refractivity contribution in [1.29, 1.82) is 0 Å². The fourth-order valence-corrected chi connectivity index (χ4v) is 6.66. The molecule has 0 saturated carbocycles. The first-order valence-corrected chi connectivity index (χ1v) is 11.3. The molecule has 0 radical (unpaired) electrons. The fraction of sp³-hybridized carbons (Fsp3) is 0.0588. The predicted molar refractivity (Wildman–Crippen MR) is 98.0 cm³/mol. The quantitative estimate of drug-likeness (QED) is 0.464. The van der Waals surface area contributed by atoms with E-state index in [1.807, 2.05) is 0 Å². The van der Waals surface area contributed by atoms with Gasteiger partial charge in [0.15, 0.2) is 5.75 Å². The van der Waals surface area contributed by atoms with E-state index in [1.54, 1.807) is 47.2 Å². The Hall–Kier alpha value is -2.01. The van der Waals surface area contributed by atoms with Gasteiger partial charge in [0.1, 0.15) is 0 Å². The molecule has 10 heteroatoms. The summed E-state index contributed by atoms with van der Waals surface area (Å²) in [6, 6.07) is 17.0. The van der Waals surface area contributed by atoms with Crippen LogP contribution in [0.15, 0.2) is 87.3 Å². The molecule has 0 bridgehead atoms. The minimum absolute atomic E-state index is 0.176.